The fourth-order valence-electron chi connectivity index (χ4n) is 2.95. The smallest absolute Gasteiger partial charge is 0.220 e. The quantitative estimate of drug-likeness (QED) is 0.755. The van der Waals surface area contributed by atoms with Crippen LogP contribution in [-0.2, 0) is 4.79 Å². The van der Waals surface area contributed by atoms with E-state index in [0.29, 0.717) is 12.8 Å². The van der Waals surface area contributed by atoms with Crippen molar-refractivity contribution in [2.45, 2.75) is 51.0 Å². The van der Waals surface area contributed by atoms with Crippen LogP contribution < -0.4 is 5.32 Å². The van der Waals surface area contributed by atoms with Crippen molar-refractivity contribution < 1.29 is 9.90 Å². The van der Waals surface area contributed by atoms with Gasteiger partial charge in [-0.2, -0.15) is 0 Å². The molecule has 2 unspecified atom stereocenters. The molecule has 0 aromatic carbocycles. The zero-order valence-electron chi connectivity index (χ0n) is 12.0. The summed E-state index contributed by atoms with van der Waals surface area (Å²) in [5, 5.41) is 11.8. The largest absolute Gasteiger partial charge is 0.396 e. The highest BCUT2D eigenvalue weighted by molar-refractivity contribution is 5.75. The molecule has 18 heavy (non-hydrogen) atoms. The van der Waals surface area contributed by atoms with Crippen LogP contribution in [-0.4, -0.2) is 48.7 Å². The molecule has 0 aromatic heterocycles. The third-order valence-electron chi connectivity index (χ3n) is 4.19. The first-order valence-corrected chi connectivity index (χ1v) is 7.05. The molecule has 1 saturated carbocycles. The minimum Gasteiger partial charge on any atom is -0.396 e. The highest BCUT2D eigenvalue weighted by Crippen LogP contribution is 2.35. The van der Waals surface area contributed by atoms with E-state index in [0.717, 1.165) is 25.3 Å². The van der Waals surface area contributed by atoms with E-state index < -0.39 is 0 Å². The number of rotatable bonds is 6. The maximum Gasteiger partial charge on any atom is 0.220 e. The second kappa shape index (κ2) is 7.10. The van der Waals surface area contributed by atoms with E-state index >= 15 is 0 Å². The molecule has 0 spiro atoms. The lowest BCUT2D eigenvalue weighted by atomic mass is 9.75. The predicted molar refractivity (Wildman–Crippen MR) is 73.4 cm³/mol. The molecular formula is C14H28N2O2. The lowest BCUT2D eigenvalue weighted by Gasteiger charge is -2.45. The van der Waals surface area contributed by atoms with Gasteiger partial charge in [0.15, 0.2) is 0 Å². The van der Waals surface area contributed by atoms with Crippen LogP contribution in [0.4, 0.5) is 0 Å². The van der Waals surface area contributed by atoms with Crippen LogP contribution in [0.3, 0.4) is 0 Å². The molecule has 0 heterocycles. The van der Waals surface area contributed by atoms with Crippen LogP contribution >= 0.6 is 0 Å². The first-order chi connectivity index (χ1) is 8.50. The van der Waals surface area contributed by atoms with E-state index in [-0.39, 0.29) is 18.1 Å². The van der Waals surface area contributed by atoms with E-state index in [1.807, 2.05) is 0 Å². The summed E-state index contributed by atoms with van der Waals surface area (Å²) in [6.07, 6.45) is 5.83. The molecular weight excluding hydrogens is 228 g/mol. The molecule has 1 fully saturated rings. The summed E-state index contributed by atoms with van der Waals surface area (Å²) in [5.74, 6) is 0.791. The second-order valence-electron chi connectivity index (χ2n) is 5.92. The molecule has 1 amide bonds. The van der Waals surface area contributed by atoms with Crippen molar-refractivity contribution in [2.24, 2.45) is 5.92 Å². The molecule has 0 aromatic rings. The number of carbonyl (C=O) groups excluding carboxylic acids is 1. The number of likely N-dealkylation sites (N-methyl/N-ethyl adjacent to an activating group) is 1. The summed E-state index contributed by atoms with van der Waals surface area (Å²) in [7, 11) is 4.22. The Bertz CT molecular complexity index is 269. The maximum atomic E-state index is 11.7. The van der Waals surface area contributed by atoms with Gasteiger partial charge in [0, 0.05) is 25.1 Å². The van der Waals surface area contributed by atoms with Gasteiger partial charge in [-0.25, -0.2) is 0 Å². The van der Waals surface area contributed by atoms with Gasteiger partial charge in [-0.1, -0.05) is 19.8 Å². The first-order valence-electron chi connectivity index (χ1n) is 7.05. The summed E-state index contributed by atoms with van der Waals surface area (Å²) in [5.41, 5.74) is 0.118. The fourth-order valence-corrected chi connectivity index (χ4v) is 2.95. The van der Waals surface area contributed by atoms with E-state index in [9.17, 15) is 4.79 Å². The van der Waals surface area contributed by atoms with Gasteiger partial charge in [-0.05, 0) is 39.3 Å². The summed E-state index contributed by atoms with van der Waals surface area (Å²) >= 11 is 0. The van der Waals surface area contributed by atoms with E-state index in [1.54, 1.807) is 0 Å². The number of hydrogen-bond donors (Lipinski definition) is 2. The van der Waals surface area contributed by atoms with Crippen molar-refractivity contribution in [3.05, 3.63) is 0 Å². The lowest BCUT2D eigenvalue weighted by Crippen LogP contribution is -2.55. The van der Waals surface area contributed by atoms with Gasteiger partial charge in [0.2, 0.25) is 5.91 Å². The SMILES string of the molecule is CC1CCCC(CNC(=O)CCCO)(N(C)C)C1. The number of nitrogens with zero attached hydrogens (tertiary/aromatic N) is 1. The van der Waals surface area contributed by atoms with Crippen molar-refractivity contribution in [2.75, 3.05) is 27.2 Å². The van der Waals surface area contributed by atoms with Gasteiger partial charge in [0.25, 0.3) is 0 Å². The monoisotopic (exact) mass is 256 g/mol. The highest BCUT2D eigenvalue weighted by atomic mass is 16.3. The molecule has 4 nitrogen and oxygen atoms in total. The zero-order chi connectivity index (χ0) is 13.6. The summed E-state index contributed by atoms with van der Waals surface area (Å²) in [6.45, 7) is 3.11. The fraction of sp³-hybridized carbons (Fsp3) is 0.929. The van der Waals surface area contributed by atoms with Crippen molar-refractivity contribution in [3.63, 3.8) is 0 Å². The third-order valence-corrected chi connectivity index (χ3v) is 4.19. The molecule has 106 valence electrons. The zero-order valence-corrected chi connectivity index (χ0v) is 12.0. The minimum absolute atomic E-state index is 0.0588. The first kappa shape index (κ1) is 15.4. The number of carbonyl (C=O) groups is 1. The molecule has 1 aliphatic carbocycles. The summed E-state index contributed by atoms with van der Waals surface area (Å²) < 4.78 is 0. The van der Waals surface area contributed by atoms with Crippen LogP contribution in [0.1, 0.15) is 45.4 Å². The average Bonchev–Trinajstić information content (AvgIpc) is 2.33. The van der Waals surface area contributed by atoms with Gasteiger partial charge in [0.1, 0.15) is 0 Å². The third kappa shape index (κ3) is 4.25. The Morgan fingerprint density at radius 1 is 1.50 bits per heavy atom. The van der Waals surface area contributed by atoms with Crippen LogP contribution in [0.5, 0.6) is 0 Å². The number of amides is 1. The standard InChI is InChI=1S/C14H28N2O2/c1-12-6-4-8-14(10-12,16(2)3)11-15-13(18)7-5-9-17/h12,17H,4-11H2,1-3H3,(H,15,18). The molecule has 4 heteroatoms. The minimum atomic E-state index is 0.0588. The Kier molecular flexibility index (Phi) is 6.09. The van der Waals surface area contributed by atoms with Crippen molar-refractivity contribution in [1.82, 2.24) is 10.2 Å². The lowest BCUT2D eigenvalue weighted by molar-refractivity contribution is -0.122. The topological polar surface area (TPSA) is 52.6 Å². The number of hydrogen-bond acceptors (Lipinski definition) is 3. The van der Waals surface area contributed by atoms with Gasteiger partial charge in [-0.15, -0.1) is 0 Å². The van der Waals surface area contributed by atoms with Crippen LogP contribution in [0.25, 0.3) is 0 Å². The molecule has 1 aliphatic rings. The molecule has 2 atom stereocenters. The van der Waals surface area contributed by atoms with Crippen molar-refractivity contribution in [1.29, 1.82) is 0 Å². The molecule has 0 aliphatic heterocycles. The van der Waals surface area contributed by atoms with E-state index in [4.69, 9.17) is 5.11 Å². The Hall–Kier alpha value is -0.610. The molecule has 0 radical (unpaired) electrons. The molecule has 2 N–H and O–H groups in total. The average molecular weight is 256 g/mol. The van der Waals surface area contributed by atoms with E-state index in [2.05, 4.69) is 31.2 Å². The van der Waals surface area contributed by atoms with Crippen molar-refractivity contribution in [3.8, 4) is 0 Å². The highest BCUT2D eigenvalue weighted by Gasteiger charge is 2.36. The van der Waals surface area contributed by atoms with Crippen LogP contribution in [0, 0.1) is 5.92 Å². The van der Waals surface area contributed by atoms with Gasteiger partial charge >= 0.3 is 0 Å². The Morgan fingerprint density at radius 3 is 2.78 bits per heavy atom. The van der Waals surface area contributed by atoms with E-state index in [1.165, 1.54) is 12.8 Å². The predicted octanol–water partition coefficient (Wildman–Crippen LogP) is 1.39. The van der Waals surface area contributed by atoms with Crippen LogP contribution in [0.2, 0.25) is 0 Å². The second-order valence-corrected chi connectivity index (χ2v) is 5.92. The van der Waals surface area contributed by atoms with Crippen molar-refractivity contribution >= 4 is 5.91 Å². The normalized spacial score (nSPS) is 28.4. The Labute approximate surface area is 111 Å². The van der Waals surface area contributed by atoms with Gasteiger partial charge in [0.05, 0.1) is 0 Å². The maximum absolute atomic E-state index is 11.7. The Balaban J connectivity index is 2.50. The van der Waals surface area contributed by atoms with Crippen LogP contribution in [0.15, 0.2) is 0 Å². The number of nitrogens with one attached hydrogen (secondary N) is 1. The number of aliphatic hydroxyl groups excluding tert-OH is 1. The van der Waals surface area contributed by atoms with Gasteiger partial charge in [-0.3, -0.25) is 4.79 Å². The Morgan fingerprint density at radius 2 is 2.22 bits per heavy atom. The molecule has 0 saturated heterocycles. The van der Waals surface area contributed by atoms with Gasteiger partial charge < -0.3 is 15.3 Å². The summed E-state index contributed by atoms with van der Waals surface area (Å²) in [4.78, 5) is 13.9. The number of aliphatic hydroxyl groups is 1. The summed E-state index contributed by atoms with van der Waals surface area (Å²) in [6, 6.07) is 0. The molecule has 1 rings (SSSR count). The molecule has 0 bridgehead atoms.